The van der Waals surface area contributed by atoms with E-state index in [0.717, 1.165) is 0 Å². The maximum Gasteiger partial charge on any atom is 0.174 e. The third-order valence-electron chi connectivity index (χ3n) is 5.84. The molecule has 4 aliphatic rings. The van der Waals surface area contributed by atoms with Crippen LogP contribution < -0.4 is 9.47 Å². The molecule has 122 valence electrons. The number of likely N-dealkylation sites (tertiary alicyclic amines) is 1. The number of carbonyl (C=O) groups excluding carboxylic acids is 1. The third-order valence-corrected chi connectivity index (χ3v) is 5.84. The standard InChI is InChI=1S/C18H21NO4/c1-19-8-7-17-14-10-3-4-12(22-2)15(14)23-16(17)11(20)5-6-18(17,21)13(19)9-10/h3-4,13,16,21H,5-9H2,1-2H3/t13-,16?,17+,18-/m1/s1/i2D3,3D,4D,9D2,13D. The van der Waals surface area contributed by atoms with Gasteiger partial charge in [0.1, 0.15) is 0 Å². The topological polar surface area (TPSA) is 59.0 Å². The van der Waals surface area contributed by atoms with Crippen molar-refractivity contribution in [3.8, 4) is 11.5 Å². The van der Waals surface area contributed by atoms with Crippen molar-refractivity contribution in [3.05, 3.63) is 23.2 Å². The summed E-state index contributed by atoms with van der Waals surface area (Å²) in [5, 5.41) is 12.0. The van der Waals surface area contributed by atoms with E-state index in [9.17, 15) is 11.3 Å². The van der Waals surface area contributed by atoms with E-state index in [1.807, 2.05) is 0 Å². The van der Waals surface area contributed by atoms with Crippen LogP contribution in [0.1, 0.15) is 41.4 Å². The second kappa shape index (κ2) is 4.08. The fourth-order valence-electron chi connectivity index (χ4n) is 4.82. The monoisotopic (exact) mass is 323 g/mol. The summed E-state index contributed by atoms with van der Waals surface area (Å²) in [5.74, 6) is -1.23. The highest BCUT2D eigenvalue weighted by Gasteiger charge is 2.72. The molecule has 2 aliphatic heterocycles. The molecule has 4 atom stereocenters. The average Bonchev–Trinajstić information content (AvgIpc) is 3.00. The zero-order chi connectivity index (χ0) is 22.9. The number of piperidine rings is 1. The van der Waals surface area contributed by atoms with Gasteiger partial charge in [-0.2, -0.15) is 0 Å². The smallest absolute Gasteiger partial charge is 0.174 e. The summed E-state index contributed by atoms with van der Waals surface area (Å²) in [6.07, 6.45) is -4.10. The predicted molar refractivity (Wildman–Crippen MR) is 83.0 cm³/mol. The Bertz CT molecular complexity index is 1040. The molecule has 5 nitrogen and oxygen atoms in total. The second-order valence-electron chi connectivity index (χ2n) is 6.70. The number of carbonyl (C=O) groups is 1. The van der Waals surface area contributed by atoms with E-state index < -0.39 is 54.4 Å². The number of benzene rings is 1. The number of hydrogen-bond acceptors (Lipinski definition) is 5. The van der Waals surface area contributed by atoms with Crippen molar-refractivity contribution in [2.24, 2.45) is 0 Å². The number of hydrogen-bond donors (Lipinski definition) is 1. The van der Waals surface area contributed by atoms with Crippen LogP contribution in [0.3, 0.4) is 0 Å². The van der Waals surface area contributed by atoms with Gasteiger partial charge in [0.05, 0.1) is 26.3 Å². The van der Waals surface area contributed by atoms with Crippen molar-refractivity contribution in [2.45, 2.75) is 48.8 Å². The van der Waals surface area contributed by atoms with Gasteiger partial charge < -0.3 is 19.5 Å². The SMILES string of the molecule is [2H]c1c([2H])c2c3c(c1OC([2H])([2H])[2H])OC1C(=O)CC[C@]4(O)[C@@]31CCN(C)[C@]4([2H])C2([2H])[2H]. The van der Waals surface area contributed by atoms with E-state index in [-0.39, 0.29) is 48.5 Å². The molecule has 1 saturated heterocycles. The van der Waals surface area contributed by atoms with Crippen molar-refractivity contribution in [1.29, 1.82) is 0 Å². The van der Waals surface area contributed by atoms with Crippen LogP contribution in [0.4, 0.5) is 0 Å². The lowest BCUT2D eigenvalue weighted by Gasteiger charge is -2.62. The lowest BCUT2D eigenvalue weighted by atomic mass is 9.49. The Morgan fingerprint density at radius 1 is 1.61 bits per heavy atom. The maximum atomic E-state index is 12.9. The van der Waals surface area contributed by atoms with E-state index in [4.69, 9.17) is 19.1 Å². The number of nitrogens with zero attached hydrogens (tertiary/aromatic N) is 1. The summed E-state index contributed by atoms with van der Waals surface area (Å²) in [5.41, 5.74) is -3.92. The van der Waals surface area contributed by atoms with Gasteiger partial charge in [0.2, 0.25) is 0 Å². The largest absolute Gasteiger partial charge is 0.493 e. The highest BCUT2D eigenvalue weighted by Crippen LogP contribution is 2.64. The fourth-order valence-corrected chi connectivity index (χ4v) is 4.82. The van der Waals surface area contributed by atoms with Gasteiger partial charge in [0, 0.05) is 20.7 Å². The van der Waals surface area contributed by atoms with Gasteiger partial charge in [-0.05, 0) is 44.4 Å². The molecule has 0 amide bonds. The van der Waals surface area contributed by atoms with Crippen molar-refractivity contribution >= 4 is 5.78 Å². The number of methoxy groups -OCH3 is 1. The van der Waals surface area contributed by atoms with Crippen molar-refractivity contribution < 1.29 is 30.3 Å². The minimum absolute atomic E-state index is 0.00530. The molecule has 2 heterocycles. The molecule has 5 heteroatoms. The Morgan fingerprint density at radius 3 is 3.30 bits per heavy atom. The molecule has 1 saturated carbocycles. The third kappa shape index (κ3) is 1.32. The summed E-state index contributed by atoms with van der Waals surface area (Å²) in [6.45, 7) is 0.169. The molecule has 2 aliphatic carbocycles. The minimum Gasteiger partial charge on any atom is -0.493 e. The van der Waals surface area contributed by atoms with Crippen LogP contribution in [-0.2, 0) is 16.6 Å². The molecule has 2 bridgehead atoms. The predicted octanol–water partition coefficient (Wildman–Crippen LogP) is 1.05. The fraction of sp³-hybridized carbons (Fsp3) is 0.611. The van der Waals surface area contributed by atoms with Crippen LogP contribution in [-0.4, -0.2) is 54.1 Å². The summed E-state index contributed by atoms with van der Waals surface area (Å²) >= 11 is 0. The van der Waals surface area contributed by atoms with Crippen LogP contribution in [0.5, 0.6) is 11.5 Å². The Morgan fingerprint density at radius 2 is 2.48 bits per heavy atom. The molecule has 1 aromatic carbocycles. The van der Waals surface area contributed by atoms with Gasteiger partial charge in [-0.15, -0.1) is 0 Å². The molecule has 2 fully saturated rings. The molecule has 5 rings (SSSR count). The number of rotatable bonds is 1. The maximum absolute atomic E-state index is 12.9. The van der Waals surface area contributed by atoms with Crippen LogP contribution in [0.2, 0.25) is 0 Å². The quantitative estimate of drug-likeness (QED) is 0.837. The Labute approximate surface area is 146 Å². The summed E-state index contributed by atoms with van der Waals surface area (Å²) < 4.78 is 77.1. The van der Waals surface area contributed by atoms with E-state index in [1.165, 1.54) is 11.9 Å². The van der Waals surface area contributed by atoms with Crippen LogP contribution in [0.25, 0.3) is 0 Å². The first kappa shape index (κ1) is 7.99. The van der Waals surface area contributed by atoms with Crippen molar-refractivity contribution in [1.82, 2.24) is 4.90 Å². The van der Waals surface area contributed by atoms with Crippen LogP contribution in [0, 0.1) is 0 Å². The van der Waals surface area contributed by atoms with Gasteiger partial charge in [-0.25, -0.2) is 0 Å². The highest BCUT2D eigenvalue weighted by molar-refractivity contribution is 5.90. The number of ether oxygens (including phenoxy) is 2. The lowest BCUT2D eigenvalue weighted by Crippen LogP contribution is -2.76. The lowest BCUT2D eigenvalue weighted by molar-refractivity contribution is -0.185. The van der Waals surface area contributed by atoms with Gasteiger partial charge in [-0.1, -0.05) is 6.04 Å². The number of Topliss-reactive ketones (excluding diaryl/α,β-unsaturated/α-hetero) is 1. The van der Waals surface area contributed by atoms with E-state index >= 15 is 0 Å². The molecular weight excluding hydrogens is 294 g/mol. The Kier molecular flexibility index (Phi) is 1.42. The van der Waals surface area contributed by atoms with Crippen LogP contribution >= 0.6 is 0 Å². The van der Waals surface area contributed by atoms with Gasteiger partial charge in [0.25, 0.3) is 0 Å². The highest BCUT2D eigenvalue weighted by atomic mass is 16.5. The van der Waals surface area contributed by atoms with Gasteiger partial charge in [-0.3, -0.25) is 4.79 Å². The first-order chi connectivity index (χ1) is 14.1. The Hall–Kier alpha value is -1.59. The molecule has 1 aromatic rings. The van der Waals surface area contributed by atoms with Gasteiger partial charge in [0.15, 0.2) is 23.4 Å². The molecule has 0 aromatic heterocycles. The minimum atomic E-state index is -2.98. The van der Waals surface area contributed by atoms with E-state index in [1.54, 1.807) is 0 Å². The molecule has 1 unspecified atom stereocenters. The van der Waals surface area contributed by atoms with E-state index in [2.05, 4.69) is 0 Å². The summed E-state index contributed by atoms with van der Waals surface area (Å²) in [6, 6.07) is -3.60. The van der Waals surface area contributed by atoms with Crippen molar-refractivity contribution in [3.63, 3.8) is 0 Å². The zero-order valence-electron chi connectivity index (χ0n) is 20.5. The number of ketones is 1. The molecule has 0 radical (unpaired) electrons. The molecule has 23 heavy (non-hydrogen) atoms. The first-order valence-corrected chi connectivity index (χ1v) is 7.65. The van der Waals surface area contributed by atoms with Gasteiger partial charge >= 0.3 is 0 Å². The van der Waals surface area contributed by atoms with Crippen molar-refractivity contribution in [2.75, 3.05) is 20.6 Å². The Balaban J connectivity index is 1.96. The van der Waals surface area contributed by atoms with Crippen LogP contribution in [0.15, 0.2) is 12.1 Å². The van der Waals surface area contributed by atoms with E-state index in [0.29, 0.717) is 0 Å². The average molecular weight is 323 g/mol. The normalized spacial score (nSPS) is 51.6. The molecular formula is C18H21NO4. The second-order valence-corrected chi connectivity index (χ2v) is 6.70. The number of aliphatic hydroxyl groups is 1. The zero-order valence-corrected chi connectivity index (χ0v) is 12.5. The molecule has 1 spiro atoms. The summed E-state index contributed by atoms with van der Waals surface area (Å²) in [4.78, 5) is 14.3. The summed E-state index contributed by atoms with van der Waals surface area (Å²) in [7, 11) is -1.47. The molecule has 1 N–H and O–H groups in total. The first-order valence-electron chi connectivity index (χ1n) is 11.7. The number of likely N-dealkylation sites (N-methyl/N-ethyl adjacent to an activating group) is 1.